The maximum absolute atomic E-state index is 14.1. The van der Waals surface area contributed by atoms with Crippen LogP contribution in [0.2, 0.25) is 0 Å². The van der Waals surface area contributed by atoms with E-state index in [-0.39, 0.29) is 24.0 Å². The molecule has 224 valence electrons. The third kappa shape index (κ3) is 9.86. The number of benzene rings is 3. The second-order valence-electron chi connectivity index (χ2n) is 10.7. The van der Waals surface area contributed by atoms with E-state index in [2.05, 4.69) is 0 Å². The highest BCUT2D eigenvalue weighted by atomic mass is 31.2. The van der Waals surface area contributed by atoms with Crippen LogP contribution in [0.3, 0.4) is 0 Å². The van der Waals surface area contributed by atoms with E-state index in [0.29, 0.717) is 19.6 Å². The second kappa shape index (κ2) is 14.8. The first-order chi connectivity index (χ1) is 20.2. The van der Waals surface area contributed by atoms with Gasteiger partial charge >= 0.3 is 13.9 Å². The predicted octanol–water partition coefficient (Wildman–Crippen LogP) is 8.09. The van der Waals surface area contributed by atoms with Gasteiger partial charge in [0.1, 0.15) is 30.0 Å². The van der Waals surface area contributed by atoms with E-state index < -0.39 is 25.6 Å². The first kappa shape index (κ1) is 31.0. The normalized spacial score (nSPS) is 15.3. The van der Waals surface area contributed by atoms with E-state index in [9.17, 15) is 9.36 Å². The predicted molar refractivity (Wildman–Crippen MR) is 159 cm³/mol. The lowest BCUT2D eigenvalue weighted by Gasteiger charge is -2.36. The van der Waals surface area contributed by atoms with E-state index in [1.54, 1.807) is 81.4 Å². The van der Waals surface area contributed by atoms with Gasteiger partial charge in [0.25, 0.3) is 0 Å². The van der Waals surface area contributed by atoms with Crippen molar-refractivity contribution in [2.24, 2.45) is 0 Å². The quantitative estimate of drug-likeness (QED) is 0.145. The van der Waals surface area contributed by atoms with Crippen molar-refractivity contribution >= 4 is 13.9 Å². The van der Waals surface area contributed by atoms with Crippen LogP contribution < -0.4 is 9.05 Å². The van der Waals surface area contributed by atoms with Crippen molar-refractivity contribution in [3.05, 3.63) is 109 Å². The Labute approximate surface area is 247 Å². The highest BCUT2D eigenvalue weighted by molar-refractivity contribution is 7.49. The lowest BCUT2D eigenvalue weighted by molar-refractivity contribution is -0.00963. The van der Waals surface area contributed by atoms with Gasteiger partial charge in [-0.05, 0) is 69.9 Å². The number of nitrogens with zero attached hydrogens (tertiary/aromatic N) is 1. The standard InChI is InChI=1S/C32H38NO8P/c1-32(2,3)38-31(34)33-27(17-13-14-22-36-23-26-15-7-4-8-16-26)24-37-25-30(33)41-42(35,39-28-18-9-5-10-19-28)40-29-20-11-6-12-21-29/h4-12,15-16,18-21,25,27H,13-14,17,22-24H2,1-3H3. The molecule has 9 nitrogen and oxygen atoms in total. The van der Waals surface area contributed by atoms with Crippen LogP contribution in [-0.2, 0) is 29.9 Å². The number of carbonyl (C=O) groups is 1. The van der Waals surface area contributed by atoms with Gasteiger partial charge in [0.15, 0.2) is 0 Å². The number of phosphoric acid groups is 1. The Kier molecular flexibility index (Phi) is 10.9. The molecule has 1 aliphatic rings. The van der Waals surface area contributed by atoms with Gasteiger partial charge in [-0.1, -0.05) is 66.7 Å². The number of ether oxygens (including phenoxy) is 3. The van der Waals surface area contributed by atoms with Crippen molar-refractivity contribution < 1.29 is 37.1 Å². The van der Waals surface area contributed by atoms with Crippen molar-refractivity contribution in [2.45, 2.75) is 58.3 Å². The molecule has 0 aromatic heterocycles. The molecule has 0 spiro atoms. The fraction of sp³-hybridized carbons (Fsp3) is 0.344. The van der Waals surface area contributed by atoms with E-state index in [1.165, 1.54) is 11.2 Å². The fourth-order valence-electron chi connectivity index (χ4n) is 4.11. The third-order valence-electron chi connectivity index (χ3n) is 5.98. The molecule has 42 heavy (non-hydrogen) atoms. The molecule has 0 fully saturated rings. The van der Waals surface area contributed by atoms with Crippen molar-refractivity contribution in [3.8, 4) is 11.5 Å². The highest BCUT2D eigenvalue weighted by Gasteiger charge is 2.42. The third-order valence-corrected chi connectivity index (χ3v) is 7.26. The van der Waals surface area contributed by atoms with Crippen LogP contribution in [0.15, 0.2) is 103 Å². The molecule has 0 radical (unpaired) electrons. The number of hydrogen-bond acceptors (Lipinski definition) is 8. The van der Waals surface area contributed by atoms with E-state index in [4.69, 9.17) is 27.8 Å². The Morgan fingerprint density at radius 3 is 2.00 bits per heavy atom. The van der Waals surface area contributed by atoms with Crippen molar-refractivity contribution in [2.75, 3.05) is 13.2 Å². The average Bonchev–Trinajstić information content (AvgIpc) is 2.95. The smallest absolute Gasteiger partial charge is 0.493 e. The van der Waals surface area contributed by atoms with Crippen molar-refractivity contribution in [1.82, 2.24) is 4.90 Å². The molecule has 0 saturated heterocycles. The molecule has 0 saturated carbocycles. The van der Waals surface area contributed by atoms with Gasteiger partial charge in [-0.15, -0.1) is 0 Å². The van der Waals surface area contributed by atoms with Crippen molar-refractivity contribution in [3.63, 3.8) is 0 Å². The molecule has 1 unspecified atom stereocenters. The maximum Gasteiger partial charge on any atom is 0.648 e. The topological polar surface area (TPSA) is 92.8 Å². The summed E-state index contributed by atoms with van der Waals surface area (Å²) in [6, 6.07) is 26.6. The second-order valence-corrected chi connectivity index (χ2v) is 12.1. The summed E-state index contributed by atoms with van der Waals surface area (Å²) < 4.78 is 48.7. The zero-order chi connectivity index (χ0) is 29.8. The number of unbranched alkanes of at least 4 members (excludes halogenated alkanes) is 1. The molecule has 3 aromatic rings. The van der Waals surface area contributed by atoms with Crippen molar-refractivity contribution in [1.29, 1.82) is 0 Å². The van der Waals surface area contributed by atoms with Gasteiger partial charge in [0.05, 0.1) is 12.6 Å². The van der Waals surface area contributed by atoms with Crippen LogP contribution in [-0.4, -0.2) is 35.8 Å². The van der Waals surface area contributed by atoms with Gasteiger partial charge in [0.2, 0.25) is 5.88 Å². The van der Waals surface area contributed by atoms with Crippen LogP contribution in [0.5, 0.6) is 11.5 Å². The minimum Gasteiger partial charge on any atom is -0.493 e. The lowest BCUT2D eigenvalue weighted by atomic mass is 10.1. The molecule has 1 atom stereocenters. The summed E-state index contributed by atoms with van der Waals surface area (Å²) in [5.74, 6) is 0.408. The molecule has 1 aliphatic heterocycles. The molecule has 3 aromatic carbocycles. The largest absolute Gasteiger partial charge is 0.648 e. The van der Waals surface area contributed by atoms with Gasteiger partial charge < -0.3 is 27.8 Å². The summed E-state index contributed by atoms with van der Waals surface area (Å²) in [5, 5.41) is 0. The molecule has 1 heterocycles. The molecule has 0 aliphatic carbocycles. The molecule has 1 amide bonds. The van der Waals surface area contributed by atoms with E-state index in [1.807, 2.05) is 30.3 Å². The van der Waals surface area contributed by atoms with Crippen LogP contribution in [0, 0.1) is 0 Å². The first-order valence-electron chi connectivity index (χ1n) is 14.0. The van der Waals surface area contributed by atoms with Gasteiger partial charge in [-0.2, -0.15) is 4.57 Å². The Morgan fingerprint density at radius 1 is 0.857 bits per heavy atom. The van der Waals surface area contributed by atoms with Gasteiger partial charge in [-0.25, -0.2) is 9.69 Å². The first-order valence-corrected chi connectivity index (χ1v) is 15.4. The number of amides is 1. The summed E-state index contributed by atoms with van der Waals surface area (Å²) in [7, 11) is -4.37. The summed E-state index contributed by atoms with van der Waals surface area (Å²) in [5.41, 5.74) is 0.335. The zero-order valence-electron chi connectivity index (χ0n) is 24.2. The molecule has 10 heteroatoms. The van der Waals surface area contributed by atoms with E-state index in [0.717, 1.165) is 18.4 Å². The van der Waals surface area contributed by atoms with Gasteiger partial charge in [-0.3, -0.25) is 0 Å². The summed E-state index contributed by atoms with van der Waals surface area (Å²) >= 11 is 0. The molecular formula is C32H38NO8P. The Morgan fingerprint density at radius 2 is 1.43 bits per heavy atom. The number of phosphoric ester groups is 1. The number of carbonyl (C=O) groups excluding carboxylic acids is 1. The minimum atomic E-state index is -4.37. The molecule has 0 N–H and O–H groups in total. The lowest BCUT2D eigenvalue weighted by Crippen LogP contribution is -2.47. The van der Waals surface area contributed by atoms with Crippen LogP contribution >= 0.6 is 7.82 Å². The summed E-state index contributed by atoms with van der Waals surface area (Å²) in [6.45, 7) is 6.64. The maximum atomic E-state index is 14.1. The Balaban J connectivity index is 1.47. The number of hydrogen-bond donors (Lipinski definition) is 0. The summed E-state index contributed by atoms with van der Waals surface area (Å²) in [6.07, 6.45) is 2.66. The number of rotatable bonds is 13. The fourth-order valence-corrected chi connectivity index (χ4v) is 5.34. The minimum absolute atomic E-state index is 0.129. The Bertz CT molecular complexity index is 1280. The summed E-state index contributed by atoms with van der Waals surface area (Å²) in [4.78, 5) is 14.8. The van der Waals surface area contributed by atoms with E-state index >= 15 is 0 Å². The SMILES string of the molecule is CC(C)(C)OC(=O)N1C(OP(=O)(Oc2ccccc2)Oc2ccccc2)=COCC1CCCCOCc1ccccc1. The Hall–Kier alpha value is -3.94. The van der Waals surface area contributed by atoms with Crippen LogP contribution in [0.25, 0.3) is 0 Å². The molecule has 0 bridgehead atoms. The van der Waals surface area contributed by atoms with Crippen LogP contribution in [0.4, 0.5) is 4.79 Å². The zero-order valence-corrected chi connectivity index (χ0v) is 25.1. The highest BCUT2D eigenvalue weighted by Crippen LogP contribution is 2.52. The molecule has 4 rings (SSSR count). The van der Waals surface area contributed by atoms with Crippen LogP contribution in [0.1, 0.15) is 45.6 Å². The van der Waals surface area contributed by atoms with Gasteiger partial charge in [0, 0.05) is 6.61 Å². The molecular weight excluding hydrogens is 557 g/mol. The monoisotopic (exact) mass is 595 g/mol. The number of para-hydroxylation sites is 2. The average molecular weight is 596 g/mol.